The standard InChI is InChI=1S/C27H43FN2O4SSi2/c1-18(31)24-15-23(30-35-24)19-12-13-21(22(28)14-19)25(32)29-20(16-33-36(8,9)26(2,3)4)17-34-37(10,11)27(5,6)7/h12-15,20H,16-17H2,1-11H3,(H,29,32). The number of amides is 1. The zero-order valence-corrected chi connectivity index (χ0v) is 27.0. The van der Waals surface area contributed by atoms with E-state index in [1.54, 1.807) is 12.1 Å². The number of nitrogens with zero attached hydrogens (tertiary/aromatic N) is 1. The minimum absolute atomic E-state index is 0.0156. The number of aromatic nitrogens is 1. The molecule has 2 rings (SSSR count). The second-order valence-electron chi connectivity index (χ2n) is 12.6. The first-order chi connectivity index (χ1) is 16.7. The summed E-state index contributed by atoms with van der Waals surface area (Å²) in [6, 6.07) is 5.58. The quantitative estimate of drug-likeness (QED) is 0.241. The highest BCUT2D eigenvalue weighted by atomic mass is 32.1. The smallest absolute Gasteiger partial charge is 0.254 e. The third kappa shape index (κ3) is 8.13. The number of carbonyl (C=O) groups excluding carboxylic acids is 2. The molecule has 37 heavy (non-hydrogen) atoms. The maximum atomic E-state index is 15.1. The summed E-state index contributed by atoms with van der Waals surface area (Å²) in [6.07, 6.45) is 0. The summed E-state index contributed by atoms with van der Waals surface area (Å²) in [5.41, 5.74) is 0.955. The normalized spacial score (nSPS) is 13.2. The van der Waals surface area contributed by atoms with Crippen LogP contribution in [0.1, 0.15) is 68.5 Å². The Morgan fingerprint density at radius 3 is 1.89 bits per heavy atom. The third-order valence-corrected chi connectivity index (χ3v) is 17.5. The van der Waals surface area contributed by atoms with Gasteiger partial charge in [-0.3, -0.25) is 9.59 Å². The third-order valence-electron chi connectivity index (χ3n) is 7.60. The van der Waals surface area contributed by atoms with Gasteiger partial charge < -0.3 is 14.2 Å². The van der Waals surface area contributed by atoms with Crippen LogP contribution in [0.15, 0.2) is 24.3 Å². The van der Waals surface area contributed by atoms with E-state index in [4.69, 9.17) is 8.85 Å². The van der Waals surface area contributed by atoms with Gasteiger partial charge in [0.1, 0.15) is 5.82 Å². The van der Waals surface area contributed by atoms with Crippen molar-refractivity contribution in [1.29, 1.82) is 0 Å². The molecule has 1 aromatic heterocycles. The van der Waals surface area contributed by atoms with E-state index in [1.807, 2.05) is 0 Å². The van der Waals surface area contributed by atoms with Crippen LogP contribution in [0.4, 0.5) is 4.39 Å². The number of nitrogens with one attached hydrogen (secondary N) is 1. The predicted octanol–water partition coefficient (Wildman–Crippen LogP) is 7.29. The number of ketones is 1. The molecule has 2 aromatic rings. The molecule has 0 fully saturated rings. The summed E-state index contributed by atoms with van der Waals surface area (Å²) < 4.78 is 32.1. The van der Waals surface area contributed by atoms with Gasteiger partial charge in [0.25, 0.3) is 5.91 Å². The number of hydrogen-bond acceptors (Lipinski definition) is 6. The fourth-order valence-corrected chi connectivity index (χ4v) is 5.63. The first-order valence-corrected chi connectivity index (χ1v) is 19.2. The summed E-state index contributed by atoms with van der Waals surface area (Å²) >= 11 is 1.07. The molecule has 1 heterocycles. The summed E-state index contributed by atoms with van der Waals surface area (Å²) in [5.74, 6) is -1.26. The molecule has 0 saturated heterocycles. The molecule has 6 nitrogen and oxygen atoms in total. The molecule has 0 radical (unpaired) electrons. The van der Waals surface area contributed by atoms with Gasteiger partial charge in [-0.15, -0.1) is 0 Å². The molecule has 0 spiro atoms. The van der Waals surface area contributed by atoms with Gasteiger partial charge >= 0.3 is 0 Å². The monoisotopic (exact) mass is 566 g/mol. The van der Waals surface area contributed by atoms with Crippen LogP contribution < -0.4 is 5.32 Å². The van der Waals surface area contributed by atoms with Crippen LogP contribution in [0.2, 0.25) is 36.3 Å². The molecule has 1 aromatic carbocycles. The van der Waals surface area contributed by atoms with Crippen molar-refractivity contribution < 1.29 is 22.8 Å². The number of hydrogen-bond donors (Lipinski definition) is 1. The number of carbonyl (C=O) groups is 2. The van der Waals surface area contributed by atoms with Gasteiger partial charge in [-0.2, -0.15) is 4.37 Å². The van der Waals surface area contributed by atoms with Gasteiger partial charge in [0, 0.05) is 12.5 Å². The molecule has 206 valence electrons. The highest BCUT2D eigenvalue weighted by Crippen LogP contribution is 2.38. The van der Waals surface area contributed by atoms with Gasteiger partial charge in [0.05, 0.1) is 35.4 Å². The van der Waals surface area contributed by atoms with Crippen molar-refractivity contribution in [3.05, 3.63) is 40.5 Å². The second-order valence-corrected chi connectivity index (χ2v) is 23.1. The van der Waals surface area contributed by atoms with Crippen LogP contribution in [0.3, 0.4) is 0 Å². The van der Waals surface area contributed by atoms with Crippen LogP contribution in [0.25, 0.3) is 11.3 Å². The molecule has 0 aliphatic rings. The summed E-state index contributed by atoms with van der Waals surface area (Å²) in [5, 5.41) is 2.99. The van der Waals surface area contributed by atoms with Gasteiger partial charge in [-0.05, 0) is 66.0 Å². The highest BCUT2D eigenvalue weighted by Gasteiger charge is 2.40. The van der Waals surface area contributed by atoms with Crippen LogP contribution in [0, 0.1) is 5.82 Å². The topological polar surface area (TPSA) is 77.5 Å². The lowest BCUT2D eigenvalue weighted by Gasteiger charge is -2.39. The highest BCUT2D eigenvalue weighted by molar-refractivity contribution is 7.08. The van der Waals surface area contributed by atoms with Crippen molar-refractivity contribution in [3.63, 3.8) is 0 Å². The first kappa shape index (κ1) is 31.5. The fourth-order valence-electron chi connectivity index (χ4n) is 2.88. The van der Waals surface area contributed by atoms with Gasteiger partial charge in [0.15, 0.2) is 22.4 Å². The van der Waals surface area contributed by atoms with Crippen molar-refractivity contribution in [3.8, 4) is 11.3 Å². The van der Waals surface area contributed by atoms with E-state index in [-0.39, 0.29) is 21.4 Å². The lowest BCUT2D eigenvalue weighted by molar-refractivity contribution is 0.0883. The molecule has 1 N–H and O–H groups in total. The van der Waals surface area contributed by atoms with E-state index in [0.717, 1.165) is 11.5 Å². The maximum Gasteiger partial charge on any atom is 0.254 e. The summed E-state index contributed by atoms with van der Waals surface area (Å²) in [6.45, 7) is 23.7. The molecule has 0 aliphatic heterocycles. The van der Waals surface area contributed by atoms with Crippen LogP contribution in [0.5, 0.6) is 0 Å². The second kappa shape index (κ2) is 11.6. The Morgan fingerprint density at radius 1 is 0.973 bits per heavy atom. The van der Waals surface area contributed by atoms with Crippen LogP contribution in [-0.4, -0.2) is 52.0 Å². The van der Waals surface area contributed by atoms with E-state index in [9.17, 15) is 9.59 Å². The Kier molecular flexibility index (Phi) is 9.85. The number of Topliss-reactive ketones (excluding diaryl/α,β-unsaturated/α-hetero) is 1. The molecule has 0 atom stereocenters. The molecular formula is C27H43FN2O4SSi2. The molecular weight excluding hydrogens is 524 g/mol. The zero-order valence-electron chi connectivity index (χ0n) is 24.2. The largest absolute Gasteiger partial charge is 0.415 e. The molecule has 1 amide bonds. The maximum absolute atomic E-state index is 15.1. The van der Waals surface area contributed by atoms with Crippen molar-refractivity contribution in [1.82, 2.24) is 9.69 Å². The number of halogens is 1. The number of benzene rings is 1. The van der Waals surface area contributed by atoms with Crippen molar-refractivity contribution in [2.75, 3.05) is 13.2 Å². The van der Waals surface area contributed by atoms with Gasteiger partial charge in [-0.1, -0.05) is 47.6 Å². The minimum Gasteiger partial charge on any atom is -0.415 e. The van der Waals surface area contributed by atoms with Crippen molar-refractivity contribution in [2.24, 2.45) is 0 Å². The molecule has 10 heteroatoms. The van der Waals surface area contributed by atoms with Crippen LogP contribution in [-0.2, 0) is 8.85 Å². The lowest BCUT2D eigenvalue weighted by atomic mass is 10.1. The van der Waals surface area contributed by atoms with E-state index in [0.29, 0.717) is 29.3 Å². The van der Waals surface area contributed by atoms with Crippen molar-refractivity contribution in [2.45, 2.75) is 90.8 Å². The molecule has 0 bridgehead atoms. The molecule has 0 aliphatic carbocycles. The Morgan fingerprint density at radius 2 is 1.49 bits per heavy atom. The summed E-state index contributed by atoms with van der Waals surface area (Å²) in [7, 11) is -4.14. The van der Waals surface area contributed by atoms with E-state index < -0.39 is 34.4 Å². The summed E-state index contributed by atoms with van der Waals surface area (Å²) in [4.78, 5) is 25.2. The van der Waals surface area contributed by atoms with Crippen molar-refractivity contribution >= 4 is 39.9 Å². The van der Waals surface area contributed by atoms with Crippen LogP contribution >= 0.6 is 11.5 Å². The van der Waals surface area contributed by atoms with Gasteiger partial charge in [0.2, 0.25) is 0 Å². The lowest BCUT2D eigenvalue weighted by Crippen LogP contribution is -2.50. The van der Waals surface area contributed by atoms with E-state index in [2.05, 4.69) is 77.4 Å². The predicted molar refractivity (Wildman–Crippen MR) is 155 cm³/mol. The first-order valence-electron chi connectivity index (χ1n) is 12.6. The Balaban J connectivity index is 2.23. The minimum atomic E-state index is -2.07. The average molecular weight is 567 g/mol. The molecule has 0 unspecified atom stereocenters. The van der Waals surface area contributed by atoms with Gasteiger partial charge in [-0.25, -0.2) is 4.39 Å². The molecule has 0 saturated carbocycles. The Hall–Kier alpha value is -1.73. The Labute approximate surface area is 227 Å². The van der Waals surface area contributed by atoms with E-state index in [1.165, 1.54) is 19.1 Å². The van der Waals surface area contributed by atoms with E-state index >= 15 is 4.39 Å². The zero-order chi connectivity index (χ0) is 28.4. The number of rotatable bonds is 10. The Bertz CT molecular complexity index is 1090. The fraction of sp³-hybridized carbons (Fsp3) is 0.593. The SMILES string of the molecule is CC(=O)c1cc(-c2ccc(C(=O)NC(CO[Si](C)(C)C(C)(C)C)CO[Si](C)(C)C(C)(C)C)c(F)c2)ns1. The average Bonchev–Trinajstić information content (AvgIpc) is 3.24.